The molecule has 0 aromatic heterocycles. The lowest BCUT2D eigenvalue weighted by atomic mass is 10.2. The number of likely N-dealkylation sites (N-methyl/N-ethyl adjacent to an activating group) is 1. The number of carbonyl (C=O) groups excluding carboxylic acids is 1. The van der Waals surface area contributed by atoms with Crippen molar-refractivity contribution in [3.05, 3.63) is 0 Å². The zero-order chi connectivity index (χ0) is 6.69. The molecule has 0 unspecified atom stereocenters. The van der Waals surface area contributed by atoms with Crippen LogP contribution >= 0.6 is 0 Å². The molecule has 3 heteroatoms. The third-order valence-corrected chi connectivity index (χ3v) is 1.53. The van der Waals surface area contributed by atoms with E-state index >= 15 is 0 Å². The molecule has 0 saturated carbocycles. The van der Waals surface area contributed by atoms with E-state index in [1.165, 1.54) is 0 Å². The van der Waals surface area contributed by atoms with Gasteiger partial charge in [-0.1, -0.05) is 0 Å². The minimum atomic E-state index is -0.0463. The van der Waals surface area contributed by atoms with Crippen molar-refractivity contribution >= 4 is 5.91 Å². The molecule has 1 radical (unpaired) electrons. The lowest BCUT2D eigenvalue weighted by Crippen LogP contribution is -2.34. The summed E-state index contributed by atoms with van der Waals surface area (Å²) in [6, 6.07) is -0.0463. The van der Waals surface area contributed by atoms with Gasteiger partial charge in [-0.05, 0) is 12.8 Å². The zero-order valence-corrected chi connectivity index (χ0v) is 5.55. The van der Waals surface area contributed by atoms with Crippen molar-refractivity contribution in [1.29, 1.82) is 0 Å². The smallest absolute Gasteiger partial charge is 0.238 e. The van der Waals surface area contributed by atoms with Crippen LogP contribution in [-0.4, -0.2) is 25.5 Å². The fourth-order valence-electron chi connectivity index (χ4n) is 1.00. The first-order chi connectivity index (χ1) is 4.34. The number of rotatable bonds is 1. The van der Waals surface area contributed by atoms with Gasteiger partial charge in [-0.15, -0.1) is 0 Å². The molecule has 9 heavy (non-hydrogen) atoms. The summed E-state index contributed by atoms with van der Waals surface area (Å²) in [7, 11) is 1.65. The molecule has 1 N–H and O–H groups in total. The summed E-state index contributed by atoms with van der Waals surface area (Å²) in [5, 5.41) is 6.67. The summed E-state index contributed by atoms with van der Waals surface area (Å²) in [5.41, 5.74) is 0. The Morgan fingerprint density at radius 1 is 1.78 bits per heavy atom. The van der Waals surface area contributed by atoms with Crippen molar-refractivity contribution in [3.63, 3.8) is 0 Å². The monoisotopic (exact) mass is 127 g/mol. The maximum atomic E-state index is 10.8. The fraction of sp³-hybridized carbons (Fsp3) is 0.833. The molecule has 1 amide bonds. The van der Waals surface area contributed by atoms with Crippen LogP contribution in [0.25, 0.3) is 0 Å². The molecule has 1 fully saturated rings. The van der Waals surface area contributed by atoms with Gasteiger partial charge in [-0.3, -0.25) is 4.79 Å². The second kappa shape index (κ2) is 2.82. The molecule has 0 aromatic rings. The van der Waals surface area contributed by atoms with E-state index in [1.54, 1.807) is 7.05 Å². The Bertz CT molecular complexity index is 108. The van der Waals surface area contributed by atoms with Crippen LogP contribution in [0.15, 0.2) is 0 Å². The Kier molecular flexibility index (Phi) is 2.05. The van der Waals surface area contributed by atoms with E-state index in [1.807, 2.05) is 0 Å². The highest BCUT2D eigenvalue weighted by molar-refractivity contribution is 5.81. The molecule has 1 heterocycles. The zero-order valence-electron chi connectivity index (χ0n) is 5.55. The fourth-order valence-corrected chi connectivity index (χ4v) is 1.00. The highest BCUT2D eigenvalue weighted by atomic mass is 16.2. The number of amides is 1. The van der Waals surface area contributed by atoms with Gasteiger partial charge in [0.25, 0.3) is 0 Å². The van der Waals surface area contributed by atoms with Crippen molar-refractivity contribution in [1.82, 2.24) is 10.6 Å². The average Bonchev–Trinajstić information content (AvgIpc) is 2.37. The highest BCUT2D eigenvalue weighted by Gasteiger charge is 2.21. The van der Waals surface area contributed by atoms with Crippen LogP contribution in [0.1, 0.15) is 12.8 Å². The molecule has 1 aliphatic rings. The molecule has 0 spiro atoms. The van der Waals surface area contributed by atoms with E-state index in [-0.39, 0.29) is 11.9 Å². The van der Waals surface area contributed by atoms with Crippen molar-refractivity contribution in [2.45, 2.75) is 18.9 Å². The van der Waals surface area contributed by atoms with E-state index in [0.717, 1.165) is 19.4 Å². The molecule has 1 saturated heterocycles. The van der Waals surface area contributed by atoms with Gasteiger partial charge < -0.3 is 5.32 Å². The van der Waals surface area contributed by atoms with Gasteiger partial charge in [0.15, 0.2) is 0 Å². The van der Waals surface area contributed by atoms with Gasteiger partial charge in [0, 0.05) is 13.6 Å². The average molecular weight is 127 g/mol. The molecule has 1 aliphatic heterocycles. The Morgan fingerprint density at radius 3 is 3.00 bits per heavy atom. The molecular formula is C6H11N2O. The molecule has 1 rings (SSSR count). The highest BCUT2D eigenvalue weighted by Crippen LogP contribution is 2.05. The maximum Gasteiger partial charge on any atom is 0.238 e. The first kappa shape index (κ1) is 6.55. The Hall–Kier alpha value is -0.570. The number of hydrogen-bond donors (Lipinski definition) is 1. The first-order valence-electron chi connectivity index (χ1n) is 3.23. The summed E-state index contributed by atoms with van der Waals surface area (Å²) in [5.74, 6) is 0.0625. The van der Waals surface area contributed by atoms with Crippen molar-refractivity contribution in [2.24, 2.45) is 0 Å². The summed E-state index contributed by atoms with van der Waals surface area (Å²) < 4.78 is 0. The first-order valence-corrected chi connectivity index (χ1v) is 3.23. The standard InChI is InChI=1S/C6H11N2O/c1-7-6(9)5-3-2-4-8-5/h5H,2-4H2,1H3,(H,7,9)/t5-/m1/s1. The van der Waals surface area contributed by atoms with E-state index in [2.05, 4.69) is 10.6 Å². The Morgan fingerprint density at radius 2 is 2.56 bits per heavy atom. The molecule has 0 bridgehead atoms. The predicted octanol–water partition coefficient (Wildman–Crippen LogP) is -0.501. The minimum absolute atomic E-state index is 0.0463. The van der Waals surface area contributed by atoms with E-state index in [9.17, 15) is 4.79 Å². The summed E-state index contributed by atoms with van der Waals surface area (Å²) in [6.45, 7) is 0.859. The minimum Gasteiger partial charge on any atom is -0.358 e. The van der Waals surface area contributed by atoms with Gasteiger partial charge >= 0.3 is 0 Å². The van der Waals surface area contributed by atoms with Crippen LogP contribution in [0, 0.1) is 0 Å². The molecule has 51 valence electrons. The van der Waals surface area contributed by atoms with Crippen molar-refractivity contribution < 1.29 is 4.79 Å². The Labute approximate surface area is 54.8 Å². The summed E-state index contributed by atoms with van der Waals surface area (Å²) in [6.07, 6.45) is 2.00. The normalized spacial score (nSPS) is 26.1. The maximum absolute atomic E-state index is 10.8. The van der Waals surface area contributed by atoms with E-state index in [0.29, 0.717) is 0 Å². The van der Waals surface area contributed by atoms with Crippen molar-refractivity contribution in [2.75, 3.05) is 13.6 Å². The van der Waals surface area contributed by atoms with Gasteiger partial charge in [-0.25, -0.2) is 5.32 Å². The summed E-state index contributed by atoms with van der Waals surface area (Å²) in [4.78, 5) is 10.8. The molecule has 0 aromatic carbocycles. The predicted molar refractivity (Wildman–Crippen MR) is 34.1 cm³/mol. The van der Waals surface area contributed by atoms with Crippen LogP contribution in [-0.2, 0) is 4.79 Å². The van der Waals surface area contributed by atoms with Gasteiger partial charge in [0.05, 0.1) is 0 Å². The van der Waals surface area contributed by atoms with Crippen molar-refractivity contribution in [3.8, 4) is 0 Å². The lowest BCUT2D eigenvalue weighted by molar-refractivity contribution is -0.122. The number of hydrogen-bond acceptors (Lipinski definition) is 1. The summed E-state index contributed by atoms with van der Waals surface area (Å²) >= 11 is 0. The van der Waals surface area contributed by atoms with Crippen LogP contribution in [0.5, 0.6) is 0 Å². The second-order valence-electron chi connectivity index (χ2n) is 2.18. The van der Waals surface area contributed by atoms with Gasteiger partial charge in [0.2, 0.25) is 5.91 Å². The molecule has 3 nitrogen and oxygen atoms in total. The van der Waals surface area contributed by atoms with Crippen LogP contribution < -0.4 is 10.6 Å². The third kappa shape index (κ3) is 1.42. The quantitative estimate of drug-likeness (QED) is 0.507. The van der Waals surface area contributed by atoms with Gasteiger partial charge in [0.1, 0.15) is 6.04 Å². The topological polar surface area (TPSA) is 43.2 Å². The SMILES string of the molecule is CNC(=O)[C@H]1CCC[N]1. The Balaban J connectivity index is 2.32. The largest absolute Gasteiger partial charge is 0.358 e. The van der Waals surface area contributed by atoms with Crippen LogP contribution in [0.4, 0.5) is 0 Å². The molecule has 1 atom stereocenters. The molecule has 0 aliphatic carbocycles. The van der Waals surface area contributed by atoms with Gasteiger partial charge in [-0.2, -0.15) is 0 Å². The van der Waals surface area contributed by atoms with E-state index < -0.39 is 0 Å². The van der Waals surface area contributed by atoms with E-state index in [4.69, 9.17) is 0 Å². The van der Waals surface area contributed by atoms with Crippen LogP contribution in [0.3, 0.4) is 0 Å². The number of nitrogens with one attached hydrogen (secondary N) is 1. The number of carbonyl (C=O) groups is 1. The lowest BCUT2D eigenvalue weighted by Gasteiger charge is -2.04. The second-order valence-corrected chi connectivity index (χ2v) is 2.18. The number of nitrogens with zero attached hydrogens (tertiary/aromatic N) is 1. The third-order valence-electron chi connectivity index (χ3n) is 1.53. The molecular weight excluding hydrogens is 116 g/mol. The van der Waals surface area contributed by atoms with Crippen LogP contribution in [0.2, 0.25) is 0 Å².